The Labute approximate surface area is 151 Å². The monoisotopic (exact) mass is 335 g/mol. The maximum Gasteiger partial charge on any atom is 0.0643 e. The zero-order valence-electron chi connectivity index (χ0n) is 15.9. The molecule has 1 atom stereocenters. The number of piperidine rings is 1. The minimum absolute atomic E-state index is 0.309. The summed E-state index contributed by atoms with van der Waals surface area (Å²) in [6.07, 6.45) is 7.12. The molecule has 0 saturated carbocycles. The number of hydrogen-bond donors (Lipinski definition) is 1. The van der Waals surface area contributed by atoms with E-state index in [1.165, 1.54) is 53.9 Å². The Morgan fingerprint density at radius 2 is 2.04 bits per heavy atom. The maximum atomic E-state index is 4.92. The molecule has 1 aromatic heterocycles. The van der Waals surface area contributed by atoms with Gasteiger partial charge in [-0.1, -0.05) is 19.9 Å². The fraction of sp³-hybridized carbons (Fsp3) is 0.500. The number of nitrogens with one attached hydrogen (secondary N) is 1. The van der Waals surface area contributed by atoms with Crippen molar-refractivity contribution in [1.29, 1.82) is 0 Å². The summed E-state index contributed by atoms with van der Waals surface area (Å²) in [5, 5.41) is 3.25. The van der Waals surface area contributed by atoms with Crippen molar-refractivity contribution in [3.05, 3.63) is 41.7 Å². The number of nitrogens with zero attached hydrogens (tertiary/aromatic N) is 2. The first-order valence-electron chi connectivity index (χ1n) is 9.54. The van der Waals surface area contributed by atoms with E-state index in [2.05, 4.69) is 61.5 Å². The second-order valence-electron chi connectivity index (χ2n) is 8.34. The Bertz CT molecular complexity index is 794. The van der Waals surface area contributed by atoms with Gasteiger partial charge in [-0.25, -0.2) is 0 Å². The zero-order chi connectivity index (χ0) is 17.6. The minimum atomic E-state index is 0.309. The lowest BCUT2D eigenvalue weighted by Gasteiger charge is -2.50. The smallest absolute Gasteiger partial charge is 0.0643 e. The van der Waals surface area contributed by atoms with Crippen LogP contribution < -0.4 is 10.2 Å². The normalized spacial score (nSPS) is 21.4. The van der Waals surface area contributed by atoms with Crippen LogP contribution in [0.5, 0.6) is 0 Å². The van der Waals surface area contributed by atoms with E-state index in [1.54, 1.807) is 0 Å². The number of aromatic nitrogens is 1. The molecule has 1 N–H and O–H groups in total. The maximum absolute atomic E-state index is 4.92. The molecule has 25 heavy (non-hydrogen) atoms. The first-order chi connectivity index (χ1) is 12.0. The molecule has 1 aromatic carbocycles. The van der Waals surface area contributed by atoms with Crippen molar-refractivity contribution in [2.45, 2.75) is 52.5 Å². The highest BCUT2D eigenvalue weighted by Gasteiger charge is 2.41. The van der Waals surface area contributed by atoms with Crippen LogP contribution in [0.25, 0.3) is 11.1 Å². The van der Waals surface area contributed by atoms with Crippen LogP contribution >= 0.6 is 0 Å². The zero-order valence-corrected chi connectivity index (χ0v) is 15.9. The summed E-state index contributed by atoms with van der Waals surface area (Å²) in [5.74, 6) is 0. The molecule has 0 radical (unpaired) electrons. The molecule has 1 saturated heterocycles. The lowest BCUT2D eigenvalue weighted by atomic mass is 9.72. The summed E-state index contributed by atoms with van der Waals surface area (Å²) >= 11 is 0. The fourth-order valence-electron chi connectivity index (χ4n) is 4.68. The van der Waals surface area contributed by atoms with Crippen molar-refractivity contribution in [3.63, 3.8) is 0 Å². The van der Waals surface area contributed by atoms with Gasteiger partial charge in [-0.2, -0.15) is 0 Å². The average Bonchev–Trinajstić information content (AvgIpc) is 2.62. The summed E-state index contributed by atoms with van der Waals surface area (Å²) < 4.78 is 0. The minimum Gasteiger partial charge on any atom is -0.388 e. The van der Waals surface area contributed by atoms with Gasteiger partial charge in [0.1, 0.15) is 0 Å². The van der Waals surface area contributed by atoms with Crippen LogP contribution in [0.3, 0.4) is 0 Å². The highest BCUT2D eigenvalue weighted by atomic mass is 15.2. The van der Waals surface area contributed by atoms with Crippen molar-refractivity contribution in [1.82, 2.24) is 4.98 Å². The van der Waals surface area contributed by atoms with Crippen LogP contribution in [0, 0.1) is 12.3 Å². The number of rotatable bonds is 2. The third-order valence-electron chi connectivity index (χ3n) is 6.12. The van der Waals surface area contributed by atoms with Crippen molar-refractivity contribution < 1.29 is 0 Å². The highest BCUT2D eigenvalue weighted by Crippen LogP contribution is 2.45. The summed E-state index contributed by atoms with van der Waals surface area (Å²) in [4.78, 5) is 7.57. The van der Waals surface area contributed by atoms with Gasteiger partial charge in [-0.05, 0) is 67.3 Å². The van der Waals surface area contributed by atoms with Gasteiger partial charge in [-0.15, -0.1) is 0 Å². The van der Waals surface area contributed by atoms with Crippen molar-refractivity contribution in [2.24, 2.45) is 5.41 Å². The van der Waals surface area contributed by atoms with Crippen LogP contribution in [-0.2, 0) is 6.42 Å². The first kappa shape index (κ1) is 16.4. The third-order valence-corrected chi connectivity index (χ3v) is 6.12. The van der Waals surface area contributed by atoms with Gasteiger partial charge in [0.15, 0.2) is 0 Å². The Morgan fingerprint density at radius 3 is 2.84 bits per heavy atom. The van der Waals surface area contributed by atoms with E-state index in [4.69, 9.17) is 4.98 Å². The lowest BCUT2D eigenvalue weighted by Crippen LogP contribution is -2.52. The summed E-state index contributed by atoms with van der Waals surface area (Å²) in [6.45, 7) is 8.17. The quantitative estimate of drug-likeness (QED) is 0.833. The molecule has 2 aromatic rings. The van der Waals surface area contributed by atoms with E-state index in [9.17, 15) is 0 Å². The van der Waals surface area contributed by atoms with E-state index in [1.807, 2.05) is 7.05 Å². The molecule has 0 spiro atoms. The highest BCUT2D eigenvalue weighted by molar-refractivity contribution is 5.75. The van der Waals surface area contributed by atoms with Gasteiger partial charge in [0.2, 0.25) is 0 Å². The van der Waals surface area contributed by atoms with Gasteiger partial charge >= 0.3 is 0 Å². The van der Waals surface area contributed by atoms with Gasteiger partial charge < -0.3 is 10.2 Å². The van der Waals surface area contributed by atoms with E-state index in [-0.39, 0.29) is 0 Å². The van der Waals surface area contributed by atoms with Crippen LogP contribution in [0.1, 0.15) is 44.4 Å². The van der Waals surface area contributed by atoms with Gasteiger partial charge in [0, 0.05) is 37.1 Å². The molecule has 132 valence electrons. The lowest BCUT2D eigenvalue weighted by molar-refractivity contribution is 0.219. The van der Waals surface area contributed by atoms with Gasteiger partial charge in [0.05, 0.1) is 11.4 Å². The molecule has 0 bridgehead atoms. The second-order valence-corrected chi connectivity index (χ2v) is 8.34. The van der Waals surface area contributed by atoms with E-state index in [0.29, 0.717) is 11.5 Å². The molecule has 2 aliphatic rings. The van der Waals surface area contributed by atoms with Crippen molar-refractivity contribution in [2.75, 3.05) is 23.8 Å². The number of pyridine rings is 1. The number of aryl methyl sites for hydroxylation is 1. The molecular formula is C22H29N3. The predicted molar refractivity (Wildman–Crippen MR) is 106 cm³/mol. The van der Waals surface area contributed by atoms with Crippen LogP contribution in [-0.4, -0.2) is 24.6 Å². The van der Waals surface area contributed by atoms with Crippen LogP contribution in [0.4, 0.5) is 11.4 Å². The second kappa shape index (κ2) is 6.05. The summed E-state index contributed by atoms with van der Waals surface area (Å²) in [7, 11) is 1.97. The third kappa shape index (κ3) is 2.80. The van der Waals surface area contributed by atoms with Crippen LogP contribution in [0.15, 0.2) is 30.5 Å². The molecule has 0 amide bonds. The predicted octanol–water partition coefficient (Wildman–Crippen LogP) is 5.04. The Kier molecular flexibility index (Phi) is 3.98. The topological polar surface area (TPSA) is 28.2 Å². The van der Waals surface area contributed by atoms with Crippen molar-refractivity contribution >= 4 is 11.4 Å². The molecule has 3 nitrogen and oxygen atoms in total. The summed E-state index contributed by atoms with van der Waals surface area (Å²) in [5.41, 5.74) is 7.91. The summed E-state index contributed by atoms with van der Waals surface area (Å²) in [6, 6.07) is 9.59. The number of fused-ring (bicyclic) bond motifs is 3. The van der Waals surface area contributed by atoms with E-state index >= 15 is 0 Å². The molecule has 3 heterocycles. The number of hydrogen-bond acceptors (Lipinski definition) is 3. The Balaban J connectivity index is 1.80. The molecular weight excluding hydrogens is 306 g/mol. The molecule has 3 heteroatoms. The molecule has 1 unspecified atom stereocenters. The first-order valence-corrected chi connectivity index (χ1v) is 9.54. The number of benzene rings is 1. The van der Waals surface area contributed by atoms with Gasteiger partial charge in [0.25, 0.3) is 0 Å². The fourth-order valence-corrected chi connectivity index (χ4v) is 4.68. The van der Waals surface area contributed by atoms with Crippen LogP contribution in [0.2, 0.25) is 0 Å². The molecule has 4 rings (SSSR count). The average molecular weight is 335 g/mol. The molecule has 1 fully saturated rings. The van der Waals surface area contributed by atoms with E-state index in [0.717, 1.165) is 12.1 Å². The largest absolute Gasteiger partial charge is 0.388 e. The Hall–Kier alpha value is -2.03. The molecule has 0 aliphatic carbocycles. The van der Waals surface area contributed by atoms with Gasteiger partial charge in [-0.3, -0.25) is 4.98 Å². The Morgan fingerprint density at radius 1 is 1.20 bits per heavy atom. The molecule has 2 aliphatic heterocycles. The van der Waals surface area contributed by atoms with E-state index < -0.39 is 0 Å². The SMILES string of the molecule is CNc1ccc(C)c(-c2cnc3c(c2)N2CCCCC2C(C)(C)C3)c1. The van der Waals surface area contributed by atoms with Crippen molar-refractivity contribution in [3.8, 4) is 11.1 Å². The number of anilines is 2. The standard InChI is InChI=1S/C22H29N3/c1-15-8-9-17(23-4)12-18(15)16-11-20-19(24-14-16)13-22(2,3)21-7-5-6-10-25(20)21/h8-9,11-12,14,21,23H,5-7,10,13H2,1-4H3.